The Labute approximate surface area is 162 Å². The van der Waals surface area contributed by atoms with Crippen LogP contribution < -0.4 is 24.3 Å². The zero-order valence-electron chi connectivity index (χ0n) is 15.8. The highest BCUT2D eigenvalue weighted by Gasteiger charge is 2.28. The van der Waals surface area contributed by atoms with Crippen LogP contribution in [-0.2, 0) is 0 Å². The van der Waals surface area contributed by atoms with Crippen LogP contribution in [0.3, 0.4) is 0 Å². The van der Waals surface area contributed by atoms with Gasteiger partial charge in [-0.05, 0) is 31.2 Å². The lowest BCUT2D eigenvalue weighted by molar-refractivity contribution is 0.214. The van der Waals surface area contributed by atoms with E-state index in [1.807, 2.05) is 49.4 Å². The van der Waals surface area contributed by atoms with Crippen molar-refractivity contribution >= 4 is 5.69 Å². The van der Waals surface area contributed by atoms with Crippen molar-refractivity contribution in [2.75, 3.05) is 26.1 Å². The molecule has 1 aromatic heterocycles. The van der Waals surface area contributed by atoms with Crippen molar-refractivity contribution in [3.8, 4) is 34.6 Å². The summed E-state index contributed by atoms with van der Waals surface area (Å²) in [6.45, 7) is 2.29. The highest BCUT2D eigenvalue weighted by Crippen LogP contribution is 2.41. The zero-order chi connectivity index (χ0) is 19.5. The molecule has 2 heterocycles. The van der Waals surface area contributed by atoms with Crippen LogP contribution >= 0.6 is 0 Å². The number of hydrogen-bond acceptors (Lipinski definition) is 8. The molecule has 2 aromatic carbocycles. The minimum absolute atomic E-state index is 0.164. The van der Waals surface area contributed by atoms with Gasteiger partial charge in [-0.25, -0.2) is 0 Å². The van der Waals surface area contributed by atoms with Crippen LogP contribution in [0.2, 0.25) is 0 Å². The van der Waals surface area contributed by atoms with E-state index in [1.54, 1.807) is 14.2 Å². The number of aromatic nitrogens is 3. The number of methoxy groups -OCH3 is 2. The van der Waals surface area contributed by atoms with E-state index in [1.165, 1.54) is 0 Å². The largest absolute Gasteiger partial charge is 0.497 e. The fourth-order valence-corrected chi connectivity index (χ4v) is 3.02. The average Bonchev–Trinajstić information content (AvgIpc) is 2.90. The second-order valence-corrected chi connectivity index (χ2v) is 5.98. The predicted octanol–water partition coefficient (Wildman–Crippen LogP) is 3.46. The third-order valence-corrected chi connectivity index (χ3v) is 4.33. The molecule has 0 spiro atoms. The molecule has 0 saturated heterocycles. The quantitative estimate of drug-likeness (QED) is 0.720. The first kappa shape index (κ1) is 17.8. The summed E-state index contributed by atoms with van der Waals surface area (Å²) in [6.07, 6.45) is -0.585. The van der Waals surface area contributed by atoms with Crippen molar-refractivity contribution in [1.29, 1.82) is 0 Å². The number of anilines is 1. The molecule has 1 aliphatic rings. The summed E-state index contributed by atoms with van der Waals surface area (Å²) in [7, 11) is 3.23. The zero-order valence-corrected chi connectivity index (χ0v) is 15.8. The molecule has 8 nitrogen and oxygen atoms in total. The number of fused-ring (bicyclic) bond motifs is 3. The van der Waals surface area contributed by atoms with Gasteiger partial charge in [-0.1, -0.05) is 23.3 Å². The van der Waals surface area contributed by atoms with Gasteiger partial charge in [0.15, 0.2) is 5.69 Å². The number of hydrogen-bond donors (Lipinski definition) is 1. The van der Waals surface area contributed by atoms with Gasteiger partial charge in [0.05, 0.1) is 26.4 Å². The second-order valence-electron chi connectivity index (χ2n) is 5.98. The molecule has 0 aliphatic carbocycles. The summed E-state index contributed by atoms with van der Waals surface area (Å²) in [5.74, 6) is 1.67. The number of nitrogens with one attached hydrogen (secondary N) is 1. The van der Waals surface area contributed by atoms with Crippen molar-refractivity contribution in [3.05, 3.63) is 48.0 Å². The highest BCUT2D eigenvalue weighted by atomic mass is 16.5. The molecule has 3 aromatic rings. The first-order valence-corrected chi connectivity index (χ1v) is 8.85. The molecule has 144 valence electrons. The van der Waals surface area contributed by atoms with Gasteiger partial charge < -0.3 is 24.3 Å². The number of nitrogens with zero attached hydrogens (tertiary/aromatic N) is 3. The van der Waals surface area contributed by atoms with Crippen LogP contribution in [0, 0.1) is 0 Å². The standard InChI is InChI=1S/C20H20N4O4/c1-4-27-20-22-19-17(23-24-20)13-7-5-6-8-15(13)21-18(28-19)14-11-12(25-2)9-10-16(14)26-3/h5-11,18,21H,4H2,1-3H3. The van der Waals surface area contributed by atoms with Crippen LogP contribution in [0.25, 0.3) is 11.3 Å². The van der Waals surface area contributed by atoms with Gasteiger partial charge >= 0.3 is 6.01 Å². The van der Waals surface area contributed by atoms with Crippen LogP contribution in [0.15, 0.2) is 42.5 Å². The van der Waals surface area contributed by atoms with Crippen molar-refractivity contribution in [2.45, 2.75) is 13.2 Å². The lowest BCUT2D eigenvalue weighted by atomic mass is 10.1. The Morgan fingerprint density at radius 2 is 1.93 bits per heavy atom. The van der Waals surface area contributed by atoms with Gasteiger partial charge in [0, 0.05) is 11.3 Å². The van der Waals surface area contributed by atoms with Crippen molar-refractivity contribution < 1.29 is 18.9 Å². The predicted molar refractivity (Wildman–Crippen MR) is 103 cm³/mol. The minimum Gasteiger partial charge on any atom is -0.497 e. The summed E-state index contributed by atoms with van der Waals surface area (Å²) in [5, 5.41) is 11.7. The molecule has 0 saturated carbocycles. The molecular formula is C20H20N4O4. The van der Waals surface area contributed by atoms with E-state index in [-0.39, 0.29) is 6.01 Å². The van der Waals surface area contributed by atoms with Crippen molar-refractivity contribution in [3.63, 3.8) is 0 Å². The molecule has 4 rings (SSSR count). The van der Waals surface area contributed by atoms with Crippen molar-refractivity contribution in [2.24, 2.45) is 0 Å². The Kier molecular flexibility index (Phi) is 4.84. The normalized spacial score (nSPS) is 14.6. The monoisotopic (exact) mass is 380 g/mol. The SMILES string of the molecule is CCOc1nnc2c(n1)OC(c1cc(OC)ccc1OC)Nc1ccccc1-2. The molecule has 1 atom stereocenters. The molecule has 8 heteroatoms. The number of para-hydroxylation sites is 1. The maximum absolute atomic E-state index is 6.21. The van der Waals surface area contributed by atoms with E-state index in [9.17, 15) is 0 Å². The third kappa shape index (κ3) is 3.24. The summed E-state index contributed by atoms with van der Waals surface area (Å²) >= 11 is 0. The lowest BCUT2D eigenvalue weighted by Crippen LogP contribution is -2.18. The fourth-order valence-electron chi connectivity index (χ4n) is 3.02. The third-order valence-electron chi connectivity index (χ3n) is 4.33. The van der Waals surface area contributed by atoms with E-state index in [0.29, 0.717) is 29.7 Å². The van der Waals surface area contributed by atoms with Gasteiger partial charge in [-0.15, -0.1) is 5.10 Å². The Bertz CT molecular complexity index is 996. The molecule has 0 fully saturated rings. The Hall–Kier alpha value is -3.55. The van der Waals surface area contributed by atoms with E-state index in [2.05, 4.69) is 20.5 Å². The molecule has 1 N–H and O–H groups in total. The number of benzene rings is 2. The number of ether oxygens (including phenoxy) is 4. The van der Waals surface area contributed by atoms with Crippen LogP contribution in [0.1, 0.15) is 18.7 Å². The van der Waals surface area contributed by atoms with Gasteiger partial charge in [0.25, 0.3) is 0 Å². The van der Waals surface area contributed by atoms with Crippen LogP contribution in [0.5, 0.6) is 23.4 Å². The summed E-state index contributed by atoms with van der Waals surface area (Å²) in [4.78, 5) is 4.41. The number of rotatable bonds is 5. The van der Waals surface area contributed by atoms with Gasteiger partial charge in [-0.3, -0.25) is 0 Å². The molecule has 28 heavy (non-hydrogen) atoms. The maximum atomic E-state index is 6.21. The topological polar surface area (TPSA) is 87.6 Å². The first-order chi connectivity index (χ1) is 13.7. The molecule has 0 radical (unpaired) electrons. The Morgan fingerprint density at radius 3 is 2.71 bits per heavy atom. The molecule has 1 unspecified atom stereocenters. The van der Waals surface area contributed by atoms with E-state index in [0.717, 1.165) is 16.8 Å². The highest BCUT2D eigenvalue weighted by molar-refractivity contribution is 5.79. The average molecular weight is 380 g/mol. The molecule has 0 bridgehead atoms. The van der Waals surface area contributed by atoms with Crippen molar-refractivity contribution in [1.82, 2.24) is 15.2 Å². The molecule has 0 amide bonds. The van der Waals surface area contributed by atoms with Gasteiger partial charge in [0.2, 0.25) is 12.1 Å². The Morgan fingerprint density at radius 1 is 1.07 bits per heavy atom. The molecular weight excluding hydrogens is 360 g/mol. The van der Waals surface area contributed by atoms with Gasteiger partial charge in [-0.2, -0.15) is 4.98 Å². The van der Waals surface area contributed by atoms with Gasteiger partial charge in [0.1, 0.15) is 11.5 Å². The van der Waals surface area contributed by atoms with E-state index in [4.69, 9.17) is 18.9 Å². The van der Waals surface area contributed by atoms with E-state index >= 15 is 0 Å². The molecule has 1 aliphatic heterocycles. The van der Waals surface area contributed by atoms with Crippen LogP contribution in [0.4, 0.5) is 5.69 Å². The van der Waals surface area contributed by atoms with E-state index < -0.39 is 6.23 Å². The second kappa shape index (κ2) is 7.59. The summed E-state index contributed by atoms with van der Waals surface area (Å²) < 4.78 is 22.5. The maximum Gasteiger partial charge on any atom is 0.339 e. The minimum atomic E-state index is -0.585. The smallest absolute Gasteiger partial charge is 0.339 e. The Balaban J connectivity index is 1.85. The fraction of sp³-hybridized carbons (Fsp3) is 0.250. The van der Waals surface area contributed by atoms with Crippen LogP contribution in [-0.4, -0.2) is 36.0 Å². The summed E-state index contributed by atoms with van der Waals surface area (Å²) in [5.41, 5.74) is 2.98. The summed E-state index contributed by atoms with van der Waals surface area (Å²) in [6, 6.07) is 13.4. The first-order valence-electron chi connectivity index (χ1n) is 8.85. The lowest BCUT2D eigenvalue weighted by Gasteiger charge is -2.21.